The Labute approximate surface area is 189 Å². The summed E-state index contributed by atoms with van der Waals surface area (Å²) in [5, 5.41) is 6.89. The second kappa shape index (κ2) is 8.45. The molecule has 2 aliphatic heterocycles. The fraction of sp³-hybridized carbons (Fsp3) is 0.304. The standard InChI is InChI=1S/C23H23N5O5/c1-15-3-2-4-16(11-15)13-26-7-8-27-21(22(26)30)25-28(23(27)31)14-20(29)24-17-5-6-18-19(12-17)33-10-9-32-18/h2-6,11-12H,7-10,13-14H2,1H3,(H,24,29). The lowest BCUT2D eigenvalue weighted by Crippen LogP contribution is -2.42. The minimum atomic E-state index is -0.481. The van der Waals surface area contributed by atoms with Crippen molar-refractivity contribution < 1.29 is 19.1 Å². The molecule has 1 aromatic heterocycles. The lowest BCUT2D eigenvalue weighted by Gasteiger charge is -2.26. The summed E-state index contributed by atoms with van der Waals surface area (Å²) in [6.07, 6.45) is 0. The van der Waals surface area contributed by atoms with Gasteiger partial charge in [0.25, 0.3) is 5.91 Å². The van der Waals surface area contributed by atoms with Crippen molar-refractivity contribution in [1.82, 2.24) is 19.2 Å². The fourth-order valence-corrected chi connectivity index (χ4v) is 4.01. The third-order valence-electron chi connectivity index (χ3n) is 5.57. The molecule has 5 rings (SSSR count). The smallest absolute Gasteiger partial charge is 0.346 e. The highest BCUT2D eigenvalue weighted by Gasteiger charge is 2.30. The number of anilines is 1. The number of aromatic nitrogens is 3. The second-order valence-corrected chi connectivity index (χ2v) is 8.04. The predicted molar refractivity (Wildman–Crippen MR) is 118 cm³/mol. The number of benzene rings is 2. The average molecular weight is 449 g/mol. The van der Waals surface area contributed by atoms with Crippen molar-refractivity contribution in [2.75, 3.05) is 25.1 Å². The third-order valence-corrected chi connectivity index (χ3v) is 5.57. The Hall–Kier alpha value is -4.08. The van der Waals surface area contributed by atoms with Crippen LogP contribution in [0.5, 0.6) is 11.5 Å². The van der Waals surface area contributed by atoms with Crippen molar-refractivity contribution in [3.63, 3.8) is 0 Å². The monoisotopic (exact) mass is 449 g/mol. The zero-order valence-electron chi connectivity index (χ0n) is 18.1. The van der Waals surface area contributed by atoms with E-state index in [9.17, 15) is 14.4 Å². The molecule has 0 bridgehead atoms. The Morgan fingerprint density at radius 1 is 1.06 bits per heavy atom. The number of nitrogens with zero attached hydrogens (tertiary/aromatic N) is 4. The van der Waals surface area contributed by atoms with E-state index in [1.54, 1.807) is 23.1 Å². The summed E-state index contributed by atoms with van der Waals surface area (Å²) in [5.74, 6) is 0.448. The predicted octanol–water partition coefficient (Wildman–Crippen LogP) is 1.42. The van der Waals surface area contributed by atoms with Gasteiger partial charge in [0.15, 0.2) is 11.5 Å². The number of fused-ring (bicyclic) bond motifs is 2. The van der Waals surface area contributed by atoms with Gasteiger partial charge in [-0.1, -0.05) is 29.8 Å². The minimum absolute atomic E-state index is 0.0473. The van der Waals surface area contributed by atoms with Crippen LogP contribution in [0.4, 0.5) is 5.69 Å². The summed E-state index contributed by atoms with van der Waals surface area (Å²) in [4.78, 5) is 39.9. The van der Waals surface area contributed by atoms with Crippen LogP contribution in [-0.2, 0) is 24.4 Å². The number of ether oxygens (including phenoxy) is 2. The van der Waals surface area contributed by atoms with Crippen molar-refractivity contribution >= 4 is 17.5 Å². The van der Waals surface area contributed by atoms with Gasteiger partial charge in [-0.25, -0.2) is 9.48 Å². The number of carbonyl (C=O) groups is 2. The van der Waals surface area contributed by atoms with Gasteiger partial charge in [0.2, 0.25) is 11.7 Å². The van der Waals surface area contributed by atoms with Crippen LogP contribution < -0.4 is 20.5 Å². The molecule has 2 aromatic carbocycles. The van der Waals surface area contributed by atoms with Crippen LogP contribution in [-0.4, -0.2) is 50.8 Å². The maximum absolute atomic E-state index is 12.9. The van der Waals surface area contributed by atoms with Crippen molar-refractivity contribution in [2.24, 2.45) is 0 Å². The molecule has 33 heavy (non-hydrogen) atoms. The van der Waals surface area contributed by atoms with Gasteiger partial charge in [0, 0.05) is 31.4 Å². The Kier molecular flexibility index (Phi) is 5.33. The van der Waals surface area contributed by atoms with Gasteiger partial charge in [-0.3, -0.25) is 14.2 Å². The number of amides is 2. The number of rotatable bonds is 5. The summed E-state index contributed by atoms with van der Waals surface area (Å²) in [6, 6.07) is 13.0. The van der Waals surface area contributed by atoms with Crippen LogP contribution in [0.1, 0.15) is 21.7 Å². The molecule has 0 saturated heterocycles. The van der Waals surface area contributed by atoms with E-state index >= 15 is 0 Å². The fourth-order valence-electron chi connectivity index (χ4n) is 4.01. The maximum atomic E-state index is 12.9. The molecule has 0 aliphatic carbocycles. The van der Waals surface area contributed by atoms with Gasteiger partial charge in [-0.05, 0) is 24.6 Å². The van der Waals surface area contributed by atoms with E-state index in [0.717, 1.165) is 15.8 Å². The molecule has 0 fully saturated rings. The van der Waals surface area contributed by atoms with E-state index in [0.29, 0.717) is 50.0 Å². The minimum Gasteiger partial charge on any atom is -0.486 e. The van der Waals surface area contributed by atoms with E-state index < -0.39 is 11.6 Å². The molecule has 10 nitrogen and oxygen atoms in total. The maximum Gasteiger partial charge on any atom is 0.346 e. The SMILES string of the molecule is Cc1cccc(CN2CCn3c(nn(CC(=O)Nc4ccc5c(c4)OCCO5)c3=O)C2=O)c1. The zero-order chi connectivity index (χ0) is 22.9. The molecule has 170 valence electrons. The van der Waals surface area contributed by atoms with Gasteiger partial charge in [-0.15, -0.1) is 5.10 Å². The summed E-state index contributed by atoms with van der Waals surface area (Å²) in [7, 11) is 0. The van der Waals surface area contributed by atoms with E-state index in [-0.39, 0.29) is 18.3 Å². The Morgan fingerprint density at radius 2 is 1.88 bits per heavy atom. The highest BCUT2D eigenvalue weighted by atomic mass is 16.6. The number of carbonyl (C=O) groups excluding carboxylic acids is 2. The molecule has 0 saturated carbocycles. The Bertz CT molecular complexity index is 1290. The van der Waals surface area contributed by atoms with Crippen molar-refractivity contribution in [3.8, 4) is 11.5 Å². The Balaban J connectivity index is 1.29. The average Bonchev–Trinajstić information content (AvgIpc) is 3.11. The largest absolute Gasteiger partial charge is 0.486 e. The van der Waals surface area contributed by atoms with Gasteiger partial charge < -0.3 is 19.7 Å². The number of hydrogen-bond acceptors (Lipinski definition) is 6. The summed E-state index contributed by atoms with van der Waals surface area (Å²) in [5.41, 5.74) is 2.16. The van der Waals surface area contributed by atoms with Crippen LogP contribution in [0.25, 0.3) is 0 Å². The molecule has 0 unspecified atom stereocenters. The summed E-state index contributed by atoms with van der Waals surface area (Å²) >= 11 is 0. The number of nitrogens with one attached hydrogen (secondary N) is 1. The molecule has 3 heterocycles. The van der Waals surface area contributed by atoms with Crippen LogP contribution >= 0.6 is 0 Å². The van der Waals surface area contributed by atoms with E-state index in [4.69, 9.17) is 9.47 Å². The van der Waals surface area contributed by atoms with Crippen LogP contribution in [0.2, 0.25) is 0 Å². The first-order valence-corrected chi connectivity index (χ1v) is 10.7. The van der Waals surface area contributed by atoms with Crippen molar-refractivity contribution in [3.05, 3.63) is 69.9 Å². The van der Waals surface area contributed by atoms with E-state index in [2.05, 4.69) is 10.4 Å². The van der Waals surface area contributed by atoms with Crippen LogP contribution in [0, 0.1) is 6.92 Å². The van der Waals surface area contributed by atoms with Gasteiger partial charge in [-0.2, -0.15) is 0 Å². The number of hydrogen-bond donors (Lipinski definition) is 1. The van der Waals surface area contributed by atoms with E-state index in [1.807, 2.05) is 31.2 Å². The summed E-state index contributed by atoms with van der Waals surface area (Å²) in [6.45, 7) is 3.77. The molecule has 1 N–H and O–H groups in total. The molecule has 10 heteroatoms. The Morgan fingerprint density at radius 3 is 2.70 bits per heavy atom. The first-order chi connectivity index (χ1) is 16.0. The molecule has 0 spiro atoms. The lowest BCUT2D eigenvalue weighted by atomic mass is 10.1. The molecular weight excluding hydrogens is 426 g/mol. The van der Waals surface area contributed by atoms with Gasteiger partial charge in [0.1, 0.15) is 19.8 Å². The zero-order valence-corrected chi connectivity index (χ0v) is 18.1. The topological polar surface area (TPSA) is 108 Å². The van der Waals surface area contributed by atoms with Gasteiger partial charge in [0.05, 0.1) is 0 Å². The first kappa shape index (κ1) is 20.8. The normalized spacial score (nSPS) is 14.7. The number of aryl methyl sites for hydroxylation is 1. The molecule has 0 atom stereocenters. The molecule has 0 radical (unpaired) electrons. The van der Waals surface area contributed by atoms with Crippen LogP contribution in [0.15, 0.2) is 47.3 Å². The van der Waals surface area contributed by atoms with Crippen LogP contribution in [0.3, 0.4) is 0 Å². The highest BCUT2D eigenvalue weighted by Crippen LogP contribution is 2.32. The quantitative estimate of drug-likeness (QED) is 0.631. The molecule has 2 aliphatic rings. The summed E-state index contributed by atoms with van der Waals surface area (Å²) < 4.78 is 13.3. The first-order valence-electron chi connectivity index (χ1n) is 10.7. The molecular formula is C23H23N5O5. The highest BCUT2D eigenvalue weighted by molar-refractivity contribution is 5.92. The van der Waals surface area contributed by atoms with E-state index in [1.165, 1.54) is 4.57 Å². The van der Waals surface area contributed by atoms with Crippen molar-refractivity contribution in [2.45, 2.75) is 26.6 Å². The van der Waals surface area contributed by atoms with Gasteiger partial charge >= 0.3 is 5.69 Å². The van der Waals surface area contributed by atoms with Crippen molar-refractivity contribution in [1.29, 1.82) is 0 Å². The molecule has 3 aromatic rings. The third kappa shape index (κ3) is 4.19. The lowest BCUT2D eigenvalue weighted by molar-refractivity contribution is -0.117. The second-order valence-electron chi connectivity index (χ2n) is 8.04. The molecule has 2 amide bonds.